The first kappa shape index (κ1) is 20.2. The molecule has 154 valence electrons. The fourth-order valence-corrected chi connectivity index (χ4v) is 4.88. The van der Waals surface area contributed by atoms with Gasteiger partial charge in [0.25, 0.3) is 11.8 Å². The number of likely N-dealkylation sites (tertiary alicyclic amines) is 1. The van der Waals surface area contributed by atoms with E-state index >= 15 is 0 Å². The molecule has 0 radical (unpaired) electrons. The van der Waals surface area contributed by atoms with Crippen LogP contribution in [0.25, 0.3) is 0 Å². The topological polar surface area (TPSA) is 65.5 Å². The number of carbonyl (C=O) groups excluding carboxylic acids is 2. The highest BCUT2D eigenvalue weighted by atomic mass is 35.5. The lowest BCUT2D eigenvalue weighted by molar-refractivity contribution is 0.0723. The summed E-state index contributed by atoms with van der Waals surface area (Å²) in [6.45, 7) is 3.15. The van der Waals surface area contributed by atoms with Crippen LogP contribution in [0.3, 0.4) is 0 Å². The van der Waals surface area contributed by atoms with Crippen LogP contribution in [-0.2, 0) is 0 Å². The maximum absolute atomic E-state index is 12.7. The van der Waals surface area contributed by atoms with Crippen LogP contribution in [0.5, 0.6) is 0 Å². The minimum Gasteiger partial charge on any atom is -0.355 e. The number of pyridine rings is 1. The predicted octanol–water partition coefficient (Wildman–Crippen LogP) is 3.82. The van der Waals surface area contributed by atoms with Crippen LogP contribution in [0, 0.1) is 0 Å². The van der Waals surface area contributed by atoms with E-state index in [2.05, 4.69) is 15.2 Å². The molecule has 0 saturated carbocycles. The predicted molar refractivity (Wildman–Crippen MR) is 116 cm³/mol. The Hall–Kier alpha value is -2.12. The number of nitrogens with one attached hydrogen (secondary N) is 1. The molecule has 29 heavy (non-hydrogen) atoms. The van der Waals surface area contributed by atoms with Gasteiger partial charge >= 0.3 is 0 Å². The van der Waals surface area contributed by atoms with Gasteiger partial charge in [-0.15, -0.1) is 0 Å². The molecule has 0 spiro atoms. The number of piperidine rings is 2. The van der Waals surface area contributed by atoms with Crippen LogP contribution >= 0.6 is 22.9 Å². The Morgan fingerprint density at radius 2 is 1.86 bits per heavy atom. The van der Waals surface area contributed by atoms with E-state index < -0.39 is 0 Å². The number of hydrogen-bond donors (Lipinski definition) is 1. The van der Waals surface area contributed by atoms with Crippen molar-refractivity contribution in [2.75, 3.05) is 31.1 Å². The average Bonchev–Trinajstić information content (AvgIpc) is 3.30. The van der Waals surface area contributed by atoms with Crippen molar-refractivity contribution in [2.45, 2.75) is 38.1 Å². The van der Waals surface area contributed by atoms with E-state index in [0.717, 1.165) is 57.4 Å². The van der Waals surface area contributed by atoms with Gasteiger partial charge in [-0.3, -0.25) is 9.59 Å². The van der Waals surface area contributed by atoms with E-state index in [4.69, 9.17) is 11.6 Å². The molecule has 2 fully saturated rings. The van der Waals surface area contributed by atoms with E-state index in [1.165, 1.54) is 17.8 Å². The maximum atomic E-state index is 12.7. The lowest BCUT2D eigenvalue weighted by Crippen LogP contribution is -2.45. The molecule has 0 aromatic carbocycles. The first-order valence-corrected chi connectivity index (χ1v) is 11.5. The normalized spacial score (nSPS) is 18.0. The Morgan fingerprint density at radius 1 is 1.10 bits per heavy atom. The van der Waals surface area contributed by atoms with E-state index in [9.17, 15) is 9.59 Å². The SMILES string of the molecule is O=C(NC1CCN(c2ncc(C(=O)N3CCCCC3)cc2Cl)CC1)c1ccsc1. The first-order valence-electron chi connectivity index (χ1n) is 10.1. The monoisotopic (exact) mass is 432 g/mol. The number of amides is 2. The fourth-order valence-electron chi connectivity index (χ4n) is 3.96. The zero-order valence-corrected chi connectivity index (χ0v) is 17.8. The molecule has 2 aliphatic rings. The first-order chi connectivity index (χ1) is 14.1. The zero-order valence-electron chi connectivity index (χ0n) is 16.3. The van der Waals surface area contributed by atoms with Crippen molar-refractivity contribution in [3.63, 3.8) is 0 Å². The van der Waals surface area contributed by atoms with Crippen LogP contribution in [0.4, 0.5) is 5.82 Å². The fraction of sp³-hybridized carbons (Fsp3) is 0.476. The van der Waals surface area contributed by atoms with Gasteiger partial charge in [0.05, 0.1) is 10.6 Å². The summed E-state index contributed by atoms with van der Waals surface area (Å²) in [4.78, 5) is 33.4. The third-order valence-corrected chi connectivity index (χ3v) is 6.59. The molecule has 1 N–H and O–H groups in total. The van der Waals surface area contributed by atoms with Gasteiger partial charge in [0.2, 0.25) is 0 Å². The number of nitrogens with zero attached hydrogens (tertiary/aromatic N) is 3. The number of carbonyl (C=O) groups is 2. The summed E-state index contributed by atoms with van der Waals surface area (Å²) in [6.07, 6.45) is 6.62. The van der Waals surface area contributed by atoms with Gasteiger partial charge in [-0.25, -0.2) is 4.98 Å². The molecule has 2 amide bonds. The molecule has 2 aliphatic heterocycles. The van der Waals surface area contributed by atoms with Crippen molar-refractivity contribution in [3.8, 4) is 0 Å². The minimum atomic E-state index is -0.0126. The number of anilines is 1. The highest BCUT2D eigenvalue weighted by Crippen LogP contribution is 2.27. The van der Waals surface area contributed by atoms with Crippen LogP contribution in [-0.4, -0.2) is 53.9 Å². The van der Waals surface area contributed by atoms with Crippen molar-refractivity contribution in [1.82, 2.24) is 15.2 Å². The summed E-state index contributed by atoms with van der Waals surface area (Å²) in [5.74, 6) is 0.714. The molecule has 6 nitrogen and oxygen atoms in total. The maximum Gasteiger partial charge on any atom is 0.255 e. The second-order valence-electron chi connectivity index (χ2n) is 7.63. The summed E-state index contributed by atoms with van der Waals surface area (Å²) >= 11 is 8.01. The zero-order chi connectivity index (χ0) is 20.2. The van der Waals surface area contributed by atoms with Gasteiger partial charge in [0.15, 0.2) is 0 Å². The molecular weight excluding hydrogens is 408 g/mol. The summed E-state index contributed by atoms with van der Waals surface area (Å²) in [5.41, 5.74) is 1.27. The number of halogens is 1. The number of aromatic nitrogens is 1. The Balaban J connectivity index is 1.34. The van der Waals surface area contributed by atoms with Gasteiger partial charge in [-0.2, -0.15) is 11.3 Å². The number of hydrogen-bond acceptors (Lipinski definition) is 5. The van der Waals surface area contributed by atoms with Gasteiger partial charge in [-0.05, 0) is 49.6 Å². The van der Waals surface area contributed by atoms with Crippen molar-refractivity contribution in [1.29, 1.82) is 0 Å². The van der Waals surface area contributed by atoms with Crippen molar-refractivity contribution < 1.29 is 9.59 Å². The van der Waals surface area contributed by atoms with Crippen LogP contribution in [0.1, 0.15) is 52.8 Å². The molecule has 2 aromatic heterocycles. The highest BCUT2D eigenvalue weighted by Gasteiger charge is 2.25. The molecule has 0 unspecified atom stereocenters. The Bertz CT molecular complexity index is 860. The Morgan fingerprint density at radius 3 is 2.52 bits per heavy atom. The summed E-state index contributed by atoms with van der Waals surface area (Å²) in [5, 5.41) is 7.38. The van der Waals surface area contributed by atoms with E-state index in [0.29, 0.717) is 16.4 Å². The van der Waals surface area contributed by atoms with E-state index in [-0.39, 0.29) is 17.9 Å². The third-order valence-electron chi connectivity index (χ3n) is 5.63. The molecule has 2 aromatic rings. The Labute approximate surface area is 179 Å². The lowest BCUT2D eigenvalue weighted by Gasteiger charge is -2.33. The summed E-state index contributed by atoms with van der Waals surface area (Å²) < 4.78 is 0. The largest absolute Gasteiger partial charge is 0.355 e. The van der Waals surface area contributed by atoms with Crippen molar-refractivity contribution >= 4 is 40.6 Å². The molecule has 4 heterocycles. The van der Waals surface area contributed by atoms with Crippen molar-refractivity contribution in [2.24, 2.45) is 0 Å². The molecule has 0 aliphatic carbocycles. The standard InChI is InChI=1S/C21H25ClN4O2S/c22-18-12-16(21(28)26-7-2-1-3-8-26)13-23-19(18)25-9-4-17(5-10-25)24-20(27)15-6-11-29-14-15/h6,11-14,17H,1-5,7-10H2,(H,24,27). The van der Waals surface area contributed by atoms with Gasteiger partial charge < -0.3 is 15.1 Å². The van der Waals surface area contributed by atoms with Crippen molar-refractivity contribution in [3.05, 3.63) is 45.2 Å². The molecular formula is C21H25ClN4O2S. The Kier molecular flexibility index (Phi) is 6.35. The smallest absolute Gasteiger partial charge is 0.255 e. The molecule has 4 rings (SSSR count). The highest BCUT2D eigenvalue weighted by molar-refractivity contribution is 7.08. The average molecular weight is 433 g/mol. The molecule has 0 bridgehead atoms. The quantitative estimate of drug-likeness (QED) is 0.797. The number of thiophene rings is 1. The van der Waals surface area contributed by atoms with Gasteiger partial charge in [-0.1, -0.05) is 11.6 Å². The van der Waals surface area contributed by atoms with Gasteiger partial charge in [0, 0.05) is 49.4 Å². The number of rotatable bonds is 4. The second kappa shape index (κ2) is 9.13. The van der Waals surface area contributed by atoms with E-state index in [1.54, 1.807) is 12.3 Å². The molecule has 0 atom stereocenters. The van der Waals surface area contributed by atoms with Crippen LogP contribution in [0.2, 0.25) is 5.02 Å². The second-order valence-corrected chi connectivity index (χ2v) is 8.82. The minimum absolute atomic E-state index is 0.0126. The van der Waals surface area contributed by atoms with Crippen LogP contribution < -0.4 is 10.2 Å². The molecule has 8 heteroatoms. The van der Waals surface area contributed by atoms with Gasteiger partial charge in [0.1, 0.15) is 5.82 Å². The van der Waals surface area contributed by atoms with Crippen LogP contribution in [0.15, 0.2) is 29.1 Å². The van der Waals surface area contributed by atoms with E-state index in [1.807, 2.05) is 21.7 Å². The third kappa shape index (κ3) is 4.73. The summed E-state index contributed by atoms with van der Waals surface area (Å²) in [7, 11) is 0. The molecule has 2 saturated heterocycles. The lowest BCUT2D eigenvalue weighted by atomic mass is 10.0. The summed E-state index contributed by atoms with van der Waals surface area (Å²) in [6, 6.07) is 3.73.